The molecular formula is C14H17F3N4. The standard InChI is InChI=1S/C14H17F3N4/c1-9-12(4-3-7-18)10(2)21(20-9)13-6-5-11(8-19-13)14(15,16)17/h5-6,8H,3-4,7,18H2,1-2H3. The SMILES string of the molecule is Cc1nn(-c2ccc(C(F)(F)F)cn2)c(C)c1CCCN. The van der Waals surface area contributed by atoms with Crippen LogP contribution in [-0.4, -0.2) is 21.3 Å². The normalized spacial score (nSPS) is 11.9. The first-order valence-corrected chi connectivity index (χ1v) is 6.63. The molecule has 2 rings (SSSR count). The number of hydrogen-bond acceptors (Lipinski definition) is 3. The Kier molecular flexibility index (Phi) is 4.32. The van der Waals surface area contributed by atoms with Crippen LogP contribution in [0.2, 0.25) is 0 Å². The Morgan fingerprint density at radius 3 is 2.48 bits per heavy atom. The average Bonchev–Trinajstić information content (AvgIpc) is 2.71. The Balaban J connectivity index is 2.34. The molecule has 0 saturated heterocycles. The molecule has 2 N–H and O–H groups in total. The van der Waals surface area contributed by atoms with E-state index in [0.29, 0.717) is 12.4 Å². The van der Waals surface area contributed by atoms with Crippen molar-refractivity contribution < 1.29 is 13.2 Å². The molecule has 0 amide bonds. The van der Waals surface area contributed by atoms with Gasteiger partial charge >= 0.3 is 6.18 Å². The molecule has 2 heterocycles. The third kappa shape index (κ3) is 3.24. The second-order valence-electron chi connectivity index (χ2n) is 4.86. The lowest BCUT2D eigenvalue weighted by atomic mass is 10.1. The van der Waals surface area contributed by atoms with Crippen molar-refractivity contribution in [3.05, 3.63) is 40.8 Å². The van der Waals surface area contributed by atoms with E-state index in [-0.39, 0.29) is 0 Å². The predicted octanol–water partition coefficient (Wildman–Crippen LogP) is 2.79. The molecule has 0 atom stereocenters. The van der Waals surface area contributed by atoms with Gasteiger partial charge in [-0.2, -0.15) is 18.3 Å². The van der Waals surface area contributed by atoms with Gasteiger partial charge in [-0.05, 0) is 50.9 Å². The van der Waals surface area contributed by atoms with Crippen LogP contribution in [0.5, 0.6) is 0 Å². The summed E-state index contributed by atoms with van der Waals surface area (Å²) in [6.07, 6.45) is -1.92. The van der Waals surface area contributed by atoms with Crippen molar-refractivity contribution in [1.82, 2.24) is 14.8 Å². The highest BCUT2D eigenvalue weighted by molar-refractivity contribution is 5.33. The minimum atomic E-state index is -4.38. The molecule has 2 aromatic rings. The van der Waals surface area contributed by atoms with Gasteiger partial charge in [-0.15, -0.1) is 0 Å². The summed E-state index contributed by atoms with van der Waals surface area (Å²) < 4.78 is 39.2. The summed E-state index contributed by atoms with van der Waals surface area (Å²) in [7, 11) is 0. The summed E-state index contributed by atoms with van der Waals surface area (Å²) in [5.74, 6) is 0.377. The van der Waals surface area contributed by atoms with Crippen LogP contribution in [0, 0.1) is 13.8 Å². The maximum Gasteiger partial charge on any atom is 0.417 e. The monoisotopic (exact) mass is 298 g/mol. The van der Waals surface area contributed by atoms with E-state index in [2.05, 4.69) is 10.1 Å². The van der Waals surface area contributed by atoms with Crippen LogP contribution in [0.3, 0.4) is 0 Å². The molecule has 21 heavy (non-hydrogen) atoms. The van der Waals surface area contributed by atoms with Gasteiger partial charge in [0.1, 0.15) is 0 Å². The number of nitrogens with zero attached hydrogens (tertiary/aromatic N) is 3. The quantitative estimate of drug-likeness (QED) is 0.944. The van der Waals surface area contributed by atoms with E-state index < -0.39 is 11.7 Å². The zero-order chi connectivity index (χ0) is 15.6. The van der Waals surface area contributed by atoms with E-state index in [1.165, 1.54) is 6.07 Å². The van der Waals surface area contributed by atoms with Gasteiger partial charge in [-0.1, -0.05) is 0 Å². The first kappa shape index (κ1) is 15.5. The highest BCUT2D eigenvalue weighted by atomic mass is 19.4. The molecule has 0 fully saturated rings. The predicted molar refractivity (Wildman–Crippen MR) is 73.2 cm³/mol. The second kappa shape index (κ2) is 5.85. The number of nitrogens with two attached hydrogens (primary N) is 1. The van der Waals surface area contributed by atoms with Gasteiger partial charge in [0.25, 0.3) is 0 Å². The van der Waals surface area contributed by atoms with E-state index in [9.17, 15) is 13.2 Å². The van der Waals surface area contributed by atoms with E-state index in [0.717, 1.165) is 42.1 Å². The molecule has 0 aliphatic rings. The van der Waals surface area contributed by atoms with E-state index in [1.54, 1.807) is 4.68 Å². The fourth-order valence-electron chi connectivity index (χ4n) is 2.22. The van der Waals surface area contributed by atoms with Gasteiger partial charge in [-0.25, -0.2) is 9.67 Å². The molecule has 0 unspecified atom stereocenters. The molecule has 0 aliphatic heterocycles. The number of hydrogen-bond donors (Lipinski definition) is 1. The van der Waals surface area contributed by atoms with Crippen LogP contribution in [0.4, 0.5) is 13.2 Å². The molecule has 0 saturated carbocycles. The van der Waals surface area contributed by atoms with Gasteiger partial charge in [0.15, 0.2) is 5.82 Å². The van der Waals surface area contributed by atoms with Crippen molar-refractivity contribution in [3.8, 4) is 5.82 Å². The number of rotatable bonds is 4. The van der Waals surface area contributed by atoms with Crippen molar-refractivity contribution in [2.45, 2.75) is 32.9 Å². The third-order valence-electron chi connectivity index (χ3n) is 3.36. The zero-order valence-electron chi connectivity index (χ0n) is 11.9. The van der Waals surface area contributed by atoms with E-state index >= 15 is 0 Å². The third-order valence-corrected chi connectivity index (χ3v) is 3.36. The van der Waals surface area contributed by atoms with Crippen molar-refractivity contribution >= 4 is 0 Å². The minimum absolute atomic E-state index is 0.377. The topological polar surface area (TPSA) is 56.7 Å². The number of halogens is 3. The summed E-state index contributed by atoms with van der Waals surface area (Å²) in [6, 6.07) is 2.34. The first-order chi connectivity index (χ1) is 9.84. The van der Waals surface area contributed by atoms with Crippen molar-refractivity contribution in [1.29, 1.82) is 0 Å². The van der Waals surface area contributed by atoms with Crippen LogP contribution < -0.4 is 5.73 Å². The smallest absolute Gasteiger partial charge is 0.330 e. The summed E-state index contributed by atoms with van der Waals surface area (Å²) in [6.45, 7) is 4.34. The Morgan fingerprint density at radius 1 is 1.24 bits per heavy atom. The van der Waals surface area contributed by atoms with Crippen molar-refractivity contribution in [2.75, 3.05) is 6.54 Å². The second-order valence-corrected chi connectivity index (χ2v) is 4.86. The minimum Gasteiger partial charge on any atom is -0.330 e. The lowest BCUT2D eigenvalue weighted by Gasteiger charge is -2.08. The first-order valence-electron chi connectivity index (χ1n) is 6.63. The number of pyridine rings is 1. The average molecular weight is 298 g/mol. The highest BCUT2D eigenvalue weighted by Crippen LogP contribution is 2.29. The fourth-order valence-corrected chi connectivity index (χ4v) is 2.22. The fraction of sp³-hybridized carbons (Fsp3) is 0.429. The summed E-state index contributed by atoms with van der Waals surface area (Å²) >= 11 is 0. The summed E-state index contributed by atoms with van der Waals surface area (Å²) in [5.41, 5.74) is 7.54. The molecule has 114 valence electrons. The van der Waals surface area contributed by atoms with Crippen LogP contribution in [-0.2, 0) is 12.6 Å². The van der Waals surface area contributed by atoms with Crippen molar-refractivity contribution in [2.24, 2.45) is 5.73 Å². The Morgan fingerprint density at radius 2 is 1.95 bits per heavy atom. The van der Waals surface area contributed by atoms with E-state index in [4.69, 9.17) is 5.73 Å². The van der Waals surface area contributed by atoms with Crippen LogP contribution >= 0.6 is 0 Å². The molecule has 0 radical (unpaired) electrons. The Bertz CT molecular complexity index is 614. The van der Waals surface area contributed by atoms with Gasteiger partial charge in [-0.3, -0.25) is 0 Å². The number of aromatic nitrogens is 3. The summed E-state index contributed by atoms with van der Waals surface area (Å²) in [5, 5.41) is 4.36. The molecular weight excluding hydrogens is 281 g/mol. The van der Waals surface area contributed by atoms with Crippen LogP contribution in [0.15, 0.2) is 18.3 Å². The van der Waals surface area contributed by atoms with Gasteiger partial charge in [0.2, 0.25) is 0 Å². The molecule has 7 heteroatoms. The molecule has 4 nitrogen and oxygen atoms in total. The number of aryl methyl sites for hydroxylation is 1. The van der Waals surface area contributed by atoms with Gasteiger partial charge < -0.3 is 5.73 Å². The van der Waals surface area contributed by atoms with Crippen LogP contribution in [0.25, 0.3) is 5.82 Å². The Labute approximate surface area is 120 Å². The van der Waals surface area contributed by atoms with Gasteiger partial charge in [0, 0.05) is 11.9 Å². The zero-order valence-corrected chi connectivity index (χ0v) is 11.9. The molecule has 2 aromatic heterocycles. The highest BCUT2D eigenvalue weighted by Gasteiger charge is 2.30. The lowest BCUT2D eigenvalue weighted by Crippen LogP contribution is -2.08. The number of alkyl halides is 3. The molecule has 0 bridgehead atoms. The Hall–Kier alpha value is -1.89. The summed E-state index contributed by atoms with van der Waals surface area (Å²) in [4.78, 5) is 3.87. The molecule has 0 spiro atoms. The largest absolute Gasteiger partial charge is 0.417 e. The lowest BCUT2D eigenvalue weighted by molar-refractivity contribution is -0.137. The molecule has 0 aliphatic carbocycles. The maximum atomic E-state index is 12.5. The van der Waals surface area contributed by atoms with Crippen molar-refractivity contribution in [3.63, 3.8) is 0 Å². The molecule has 0 aromatic carbocycles. The van der Waals surface area contributed by atoms with Crippen LogP contribution in [0.1, 0.15) is 28.9 Å². The maximum absolute atomic E-state index is 12.5. The van der Waals surface area contributed by atoms with E-state index in [1.807, 2.05) is 13.8 Å². The van der Waals surface area contributed by atoms with Gasteiger partial charge in [0.05, 0.1) is 11.3 Å².